The predicted molar refractivity (Wildman–Crippen MR) is 117 cm³/mol. The lowest BCUT2D eigenvalue weighted by Crippen LogP contribution is -2.61. The highest BCUT2D eigenvalue weighted by Gasteiger charge is 2.70. The average Bonchev–Trinajstić information content (AvgIpc) is 3.27. The van der Waals surface area contributed by atoms with Crippen LogP contribution in [0.3, 0.4) is 0 Å². The number of halogens is 3. The molecule has 0 aromatic heterocycles. The predicted octanol–water partition coefficient (Wildman–Crippen LogP) is 1.10. The lowest BCUT2D eigenvalue weighted by Gasteiger charge is -2.37. The third kappa shape index (κ3) is 5.23. The Kier molecular flexibility index (Phi) is 3.32. The van der Waals surface area contributed by atoms with Gasteiger partial charge in [0.05, 0.1) is 8.81 Å². The van der Waals surface area contributed by atoms with Crippen molar-refractivity contribution in [3.05, 3.63) is 0 Å². The molecule has 0 aromatic carbocycles. The van der Waals surface area contributed by atoms with Crippen LogP contribution in [0.4, 0.5) is 13.2 Å². The summed E-state index contributed by atoms with van der Waals surface area (Å²) in [5, 5.41) is 14.3. The molecule has 0 bridgehead atoms. The molecular weight excluding hydrogens is 467 g/mol. The van der Waals surface area contributed by atoms with E-state index < -0.39 is 128 Å². The molecule has 0 spiro atoms. The molecule has 0 aromatic rings. The molecule has 194 valence electrons. The van der Waals surface area contributed by atoms with Crippen molar-refractivity contribution in [1.82, 2.24) is 20.9 Å². The summed E-state index contributed by atoms with van der Waals surface area (Å²) in [4.78, 5) is 52.4. The maximum absolute atomic E-state index is 14.5. The number of alkyl halides is 3. The molecule has 2 saturated heterocycles. The van der Waals surface area contributed by atoms with Gasteiger partial charge >= 0.3 is 12.1 Å². The number of amides is 4. The van der Waals surface area contributed by atoms with Crippen molar-refractivity contribution in [3.8, 4) is 6.07 Å². The molecule has 2 heterocycles. The summed E-state index contributed by atoms with van der Waals surface area (Å²) in [5.74, 6) is -13.5. The third-order valence-electron chi connectivity index (χ3n) is 6.06. The first kappa shape index (κ1) is 12.9. The van der Waals surface area contributed by atoms with Crippen molar-refractivity contribution >= 4 is 23.6 Å². The minimum atomic E-state index is -6.14. The second-order valence-corrected chi connectivity index (χ2v) is 8.97. The highest BCUT2D eigenvalue weighted by atomic mass is 19.4. The normalized spacial score (nSPS) is 42.2. The number of nitriles is 1. The van der Waals surface area contributed by atoms with E-state index in [1.54, 1.807) is 6.07 Å². The number of likely N-dealkylation sites (tertiary alicyclic amines) is 1. The van der Waals surface area contributed by atoms with Gasteiger partial charge in [0.2, 0.25) is 17.7 Å². The minimum Gasteiger partial charge on any atom is -0.356 e. The van der Waals surface area contributed by atoms with E-state index in [9.17, 15) is 39.0 Å². The van der Waals surface area contributed by atoms with Gasteiger partial charge in [-0.15, -0.1) is 0 Å². The zero-order chi connectivity index (χ0) is 39.4. The molecular formula is C23H32F3N5O4. The Balaban J connectivity index is 2.31. The fraction of sp³-hybridized carbons (Fsp3) is 0.783. The van der Waals surface area contributed by atoms with Crippen molar-refractivity contribution in [2.45, 2.75) is 71.5 Å². The van der Waals surface area contributed by atoms with Crippen LogP contribution in [0.2, 0.25) is 0 Å². The smallest absolute Gasteiger partial charge is 0.356 e. The number of carbonyl (C=O) groups is 4. The molecule has 3 N–H and O–H groups in total. The number of hydrogen-bond donors (Lipinski definition) is 3. The number of nitrogens with one attached hydrogen (secondary N) is 3. The van der Waals surface area contributed by atoms with E-state index in [0.29, 0.717) is 5.32 Å². The highest BCUT2D eigenvalue weighted by molar-refractivity contribution is 5.95. The monoisotopic (exact) mass is 514 g/mol. The molecule has 35 heavy (non-hydrogen) atoms. The Labute approximate surface area is 223 Å². The topological polar surface area (TPSA) is 131 Å². The van der Waals surface area contributed by atoms with Crippen LogP contribution in [-0.2, 0) is 19.2 Å². The minimum absolute atomic E-state index is 0.488. The van der Waals surface area contributed by atoms with Crippen LogP contribution in [0.1, 0.15) is 67.8 Å². The summed E-state index contributed by atoms with van der Waals surface area (Å²) in [6.45, 7) is -17.1. The molecule has 6 atom stereocenters. The molecule has 4 amide bonds. The first-order valence-corrected chi connectivity index (χ1v) is 10.2. The Morgan fingerprint density at radius 1 is 1.37 bits per heavy atom. The highest BCUT2D eigenvalue weighted by Crippen LogP contribution is 2.65. The maximum atomic E-state index is 14.5. The molecule has 12 heteroatoms. The van der Waals surface area contributed by atoms with E-state index in [1.807, 2.05) is 10.6 Å². The zero-order valence-electron chi connectivity index (χ0n) is 33.4. The second kappa shape index (κ2) is 8.99. The number of piperidine rings is 1. The zero-order valence-corrected chi connectivity index (χ0v) is 18.4. The summed E-state index contributed by atoms with van der Waals surface area (Å²) in [6, 6.07) is -8.79. The number of rotatable bonds is 6. The van der Waals surface area contributed by atoms with Crippen LogP contribution in [0.5, 0.6) is 0 Å². The van der Waals surface area contributed by atoms with Crippen LogP contribution >= 0.6 is 0 Å². The fourth-order valence-electron chi connectivity index (χ4n) is 4.06. The van der Waals surface area contributed by atoms with E-state index in [-0.39, 0.29) is 0 Å². The largest absolute Gasteiger partial charge is 0.471 e. The Bertz CT molecular complexity index is 1470. The van der Waals surface area contributed by atoms with Crippen LogP contribution in [-0.4, -0.2) is 65.8 Å². The Morgan fingerprint density at radius 3 is 2.54 bits per heavy atom. The molecule has 2 aliphatic heterocycles. The van der Waals surface area contributed by atoms with Gasteiger partial charge in [0, 0.05) is 36.7 Å². The molecule has 1 unspecified atom stereocenters. The Morgan fingerprint density at radius 2 is 2.03 bits per heavy atom. The average molecular weight is 515 g/mol. The van der Waals surface area contributed by atoms with E-state index in [2.05, 4.69) is 0 Å². The van der Waals surface area contributed by atoms with Gasteiger partial charge in [-0.3, -0.25) is 19.2 Å². The third-order valence-corrected chi connectivity index (χ3v) is 6.06. The van der Waals surface area contributed by atoms with Gasteiger partial charge in [0.25, 0.3) is 0 Å². The summed E-state index contributed by atoms with van der Waals surface area (Å²) >= 11 is 0. The van der Waals surface area contributed by atoms with Gasteiger partial charge in [-0.2, -0.15) is 18.4 Å². The molecule has 9 nitrogen and oxygen atoms in total. The van der Waals surface area contributed by atoms with Gasteiger partial charge in [-0.05, 0) is 35.5 Å². The summed E-state index contributed by atoms with van der Waals surface area (Å²) in [7, 11) is 0. The van der Waals surface area contributed by atoms with Crippen LogP contribution in [0.15, 0.2) is 0 Å². The van der Waals surface area contributed by atoms with Crippen molar-refractivity contribution in [1.29, 1.82) is 5.26 Å². The molecule has 3 aliphatic rings. The van der Waals surface area contributed by atoms with E-state index in [0.717, 1.165) is 0 Å². The maximum Gasteiger partial charge on any atom is 0.471 e. The quantitative estimate of drug-likeness (QED) is 0.489. The SMILES string of the molecule is [2H]C1([2H])C[C@@H](C[C@@H](C#N)NC(=O)[C@]2([2H])[C@@H]3[C@@H](C3(C)C)C([2H])([2H])N2C(=O)C([2H])(NC(=O)C(F)(F)F)C(C([2H])([2H])[2H])(C([2H])([2H])[2H])C([2H])([2H])[2H])C(=O)N1. The molecule has 1 aliphatic carbocycles. The van der Waals surface area contributed by atoms with Gasteiger partial charge in [-0.1, -0.05) is 34.4 Å². The fourth-order valence-corrected chi connectivity index (χ4v) is 4.06. The lowest BCUT2D eigenvalue weighted by atomic mass is 9.85. The number of fused-ring (bicyclic) bond motifs is 1. The number of carbonyl (C=O) groups excluding carboxylic acids is 4. The van der Waals surface area contributed by atoms with Crippen molar-refractivity contribution in [3.63, 3.8) is 0 Å². The number of nitrogens with zero attached hydrogens (tertiary/aromatic N) is 2. The summed E-state index contributed by atoms with van der Waals surface area (Å²) in [6.07, 6.45) is -7.24. The van der Waals surface area contributed by atoms with Gasteiger partial charge in [0.15, 0.2) is 0 Å². The van der Waals surface area contributed by atoms with Crippen LogP contribution in [0.25, 0.3) is 0 Å². The standard InChI is InChI=1S/C23H32F3N5O4/c1-21(2,3)16(30-20(35)23(24,25)26)19(34)31-10-13-14(22(13,4)5)15(31)18(33)29-12(9-27)8-11-6-7-28-17(11)32/h11-16H,6-8,10H2,1-5H3,(H,28,32)(H,29,33)(H,30,35)/t11-,12-,13-,14-,15-,16?/m0/s1/i1D3,2D3,3D3,7D2,10D2,15D,16D. The Hall–Kier alpha value is -2.84. The van der Waals surface area contributed by atoms with Crippen LogP contribution < -0.4 is 16.0 Å². The summed E-state index contributed by atoms with van der Waals surface area (Å²) < 4.78 is 163. The van der Waals surface area contributed by atoms with E-state index in [4.69, 9.17) is 19.2 Å². The molecule has 3 rings (SSSR count). The first-order chi connectivity index (χ1) is 21.9. The van der Waals surface area contributed by atoms with E-state index in [1.165, 1.54) is 13.8 Å². The number of hydrogen-bond acceptors (Lipinski definition) is 5. The van der Waals surface area contributed by atoms with Crippen molar-refractivity contribution in [2.75, 3.05) is 13.0 Å². The molecule has 1 saturated carbocycles. The van der Waals surface area contributed by atoms with Gasteiger partial charge < -0.3 is 20.9 Å². The van der Waals surface area contributed by atoms with E-state index >= 15 is 0 Å². The second-order valence-electron chi connectivity index (χ2n) is 8.97. The van der Waals surface area contributed by atoms with Crippen LogP contribution in [0, 0.1) is 39.9 Å². The first-order valence-electron chi connectivity index (χ1n) is 17.7. The molecule has 3 fully saturated rings. The molecule has 0 radical (unpaired) electrons. The summed E-state index contributed by atoms with van der Waals surface area (Å²) in [5.41, 5.74) is -6.43. The lowest BCUT2D eigenvalue weighted by molar-refractivity contribution is -0.176. The van der Waals surface area contributed by atoms with Gasteiger partial charge in [0.1, 0.15) is 18.1 Å². The van der Waals surface area contributed by atoms with Gasteiger partial charge in [-0.25, -0.2) is 0 Å². The van der Waals surface area contributed by atoms with Crippen molar-refractivity contribution in [2.24, 2.45) is 28.6 Å². The van der Waals surface area contributed by atoms with Crippen molar-refractivity contribution < 1.29 is 52.9 Å².